The zero-order chi connectivity index (χ0) is 21.9. The minimum Gasteiger partial charge on any atom is -0.357 e. The number of aryl methyl sites for hydroxylation is 1. The van der Waals surface area contributed by atoms with Gasteiger partial charge in [-0.3, -0.25) is 4.79 Å². The number of rotatable bonds is 6. The van der Waals surface area contributed by atoms with Crippen molar-refractivity contribution >= 4 is 22.8 Å². The Morgan fingerprint density at radius 3 is 2.28 bits per heavy atom. The van der Waals surface area contributed by atoms with Crippen molar-refractivity contribution in [3.05, 3.63) is 23.7 Å². The molecule has 3 aliphatic heterocycles. The van der Waals surface area contributed by atoms with Crippen molar-refractivity contribution in [1.29, 1.82) is 0 Å². The second-order valence-electron chi connectivity index (χ2n) is 9.50. The third kappa shape index (κ3) is 4.86. The second-order valence-corrected chi connectivity index (χ2v) is 9.50. The van der Waals surface area contributed by atoms with Crippen molar-refractivity contribution in [2.75, 3.05) is 57.3 Å². The van der Waals surface area contributed by atoms with Crippen LogP contribution < -0.4 is 10.2 Å². The number of carbonyl (C=O) groups is 1. The Morgan fingerprint density at radius 1 is 0.906 bits per heavy atom. The van der Waals surface area contributed by atoms with Gasteiger partial charge in [-0.25, -0.2) is 15.0 Å². The maximum Gasteiger partial charge on any atom is 0.289 e. The van der Waals surface area contributed by atoms with E-state index in [1.807, 2.05) is 19.1 Å². The molecule has 3 aliphatic rings. The summed E-state index contributed by atoms with van der Waals surface area (Å²) < 4.78 is 0. The van der Waals surface area contributed by atoms with E-state index in [4.69, 9.17) is 4.98 Å². The summed E-state index contributed by atoms with van der Waals surface area (Å²) in [4.78, 5) is 34.1. The largest absolute Gasteiger partial charge is 0.357 e. The summed E-state index contributed by atoms with van der Waals surface area (Å²) in [6.45, 7) is 10.9. The van der Waals surface area contributed by atoms with E-state index in [-0.39, 0.29) is 17.8 Å². The van der Waals surface area contributed by atoms with Crippen LogP contribution in [-0.4, -0.2) is 89.1 Å². The average molecular weight is 438 g/mol. The minimum atomic E-state index is -0.172. The molecule has 3 fully saturated rings. The molecule has 1 amide bonds. The average Bonchev–Trinajstić information content (AvgIpc) is 3.53. The van der Waals surface area contributed by atoms with Gasteiger partial charge >= 0.3 is 0 Å². The van der Waals surface area contributed by atoms with E-state index in [1.165, 1.54) is 45.3 Å². The molecule has 2 aromatic heterocycles. The first-order valence-electron chi connectivity index (χ1n) is 12.3. The van der Waals surface area contributed by atoms with Gasteiger partial charge in [0.15, 0.2) is 0 Å². The highest BCUT2D eigenvalue weighted by Gasteiger charge is 2.24. The SMILES string of the molecule is Cc1nc(C(=O)NC2CCN(CCN3CCCC3)CC2)nc2ccc(N3CCCC3)nc12. The molecule has 0 spiro atoms. The smallest absolute Gasteiger partial charge is 0.289 e. The Bertz CT molecular complexity index is 945. The maximum atomic E-state index is 12.9. The van der Waals surface area contributed by atoms with Crippen LogP contribution in [0.3, 0.4) is 0 Å². The highest BCUT2D eigenvalue weighted by atomic mass is 16.2. The van der Waals surface area contributed by atoms with Gasteiger partial charge in [-0.1, -0.05) is 0 Å². The highest BCUT2D eigenvalue weighted by Crippen LogP contribution is 2.22. The first-order chi connectivity index (χ1) is 15.7. The fraction of sp³-hybridized carbons (Fsp3) is 0.667. The summed E-state index contributed by atoms with van der Waals surface area (Å²) in [5, 5.41) is 3.17. The molecule has 0 saturated carbocycles. The van der Waals surface area contributed by atoms with Crippen LogP contribution in [-0.2, 0) is 0 Å². The van der Waals surface area contributed by atoms with Crippen LogP contribution in [0, 0.1) is 6.92 Å². The Labute approximate surface area is 190 Å². The lowest BCUT2D eigenvalue weighted by Crippen LogP contribution is -2.46. The molecule has 0 unspecified atom stereocenters. The van der Waals surface area contributed by atoms with Crippen LogP contribution in [0.1, 0.15) is 54.8 Å². The second kappa shape index (κ2) is 9.67. The number of likely N-dealkylation sites (tertiary alicyclic amines) is 2. The van der Waals surface area contributed by atoms with E-state index in [0.717, 1.165) is 68.1 Å². The molecule has 0 aliphatic carbocycles. The molecule has 1 N–H and O–H groups in total. The monoisotopic (exact) mass is 437 g/mol. The van der Waals surface area contributed by atoms with Gasteiger partial charge in [0.05, 0.1) is 11.2 Å². The van der Waals surface area contributed by atoms with Crippen LogP contribution in [0.2, 0.25) is 0 Å². The molecule has 172 valence electrons. The van der Waals surface area contributed by atoms with E-state index in [0.29, 0.717) is 0 Å². The van der Waals surface area contributed by atoms with Gasteiger partial charge < -0.3 is 20.0 Å². The Kier molecular flexibility index (Phi) is 6.50. The molecule has 0 bridgehead atoms. The topological polar surface area (TPSA) is 77.5 Å². The standard InChI is InChI=1S/C24H35N7O/c1-18-22-20(6-7-21(28-22)31-12-4-5-13-31)27-23(25-18)24(32)26-19-8-14-30(15-9-19)17-16-29-10-2-3-11-29/h6-7,19H,2-5,8-17H2,1H3,(H,26,32). The molecule has 8 heteroatoms. The molecular weight excluding hydrogens is 402 g/mol. The number of hydrogen-bond acceptors (Lipinski definition) is 7. The van der Waals surface area contributed by atoms with Crippen molar-refractivity contribution in [1.82, 2.24) is 30.1 Å². The van der Waals surface area contributed by atoms with Crippen molar-refractivity contribution in [3.8, 4) is 0 Å². The van der Waals surface area contributed by atoms with Crippen molar-refractivity contribution in [3.63, 3.8) is 0 Å². The van der Waals surface area contributed by atoms with Gasteiger partial charge in [-0.05, 0) is 70.7 Å². The maximum absolute atomic E-state index is 12.9. The van der Waals surface area contributed by atoms with Gasteiger partial charge in [0.2, 0.25) is 5.82 Å². The van der Waals surface area contributed by atoms with Gasteiger partial charge in [0, 0.05) is 45.3 Å². The summed E-state index contributed by atoms with van der Waals surface area (Å²) in [6, 6.07) is 4.18. The number of nitrogens with one attached hydrogen (secondary N) is 1. The first kappa shape index (κ1) is 21.5. The van der Waals surface area contributed by atoms with Crippen LogP contribution in [0.4, 0.5) is 5.82 Å². The zero-order valence-electron chi connectivity index (χ0n) is 19.2. The van der Waals surface area contributed by atoms with Gasteiger partial charge in [-0.15, -0.1) is 0 Å². The normalized spacial score (nSPS) is 21.0. The highest BCUT2D eigenvalue weighted by molar-refractivity contribution is 5.93. The summed E-state index contributed by atoms with van der Waals surface area (Å²) >= 11 is 0. The van der Waals surface area contributed by atoms with Crippen LogP contribution in [0.15, 0.2) is 12.1 Å². The number of amides is 1. The third-order valence-electron chi connectivity index (χ3n) is 7.19. The molecule has 0 aromatic carbocycles. The fourth-order valence-corrected chi connectivity index (χ4v) is 5.21. The number of piperidine rings is 1. The lowest BCUT2D eigenvalue weighted by molar-refractivity contribution is 0.0897. The molecule has 5 rings (SSSR count). The minimum absolute atomic E-state index is 0.172. The number of hydrogen-bond donors (Lipinski definition) is 1. The first-order valence-corrected chi connectivity index (χ1v) is 12.3. The molecule has 32 heavy (non-hydrogen) atoms. The quantitative estimate of drug-likeness (QED) is 0.742. The van der Waals surface area contributed by atoms with Gasteiger partial charge in [0.25, 0.3) is 5.91 Å². The van der Waals surface area contributed by atoms with Gasteiger partial charge in [-0.2, -0.15) is 0 Å². The third-order valence-corrected chi connectivity index (χ3v) is 7.19. The molecule has 5 heterocycles. The molecule has 8 nitrogen and oxygen atoms in total. The summed E-state index contributed by atoms with van der Waals surface area (Å²) in [6.07, 6.45) is 7.09. The summed E-state index contributed by atoms with van der Waals surface area (Å²) in [7, 11) is 0. The number of aromatic nitrogens is 3. The van der Waals surface area contributed by atoms with Crippen LogP contribution >= 0.6 is 0 Å². The van der Waals surface area contributed by atoms with Crippen LogP contribution in [0.25, 0.3) is 11.0 Å². The predicted octanol–water partition coefficient (Wildman–Crippen LogP) is 2.22. The Balaban J connectivity index is 1.17. The van der Waals surface area contributed by atoms with E-state index < -0.39 is 0 Å². The number of anilines is 1. The number of pyridine rings is 1. The van der Waals surface area contributed by atoms with Crippen molar-refractivity contribution in [2.24, 2.45) is 0 Å². The molecule has 0 atom stereocenters. The molecule has 3 saturated heterocycles. The lowest BCUT2D eigenvalue weighted by atomic mass is 10.0. The fourth-order valence-electron chi connectivity index (χ4n) is 5.21. The summed E-state index contributed by atoms with van der Waals surface area (Å²) in [5.74, 6) is 1.06. The predicted molar refractivity (Wildman–Crippen MR) is 126 cm³/mol. The number of fused-ring (bicyclic) bond motifs is 1. The molecular formula is C24H35N7O. The zero-order valence-corrected chi connectivity index (χ0v) is 19.2. The van der Waals surface area contributed by atoms with E-state index in [2.05, 4.69) is 30.0 Å². The van der Waals surface area contributed by atoms with E-state index in [1.54, 1.807) is 0 Å². The summed E-state index contributed by atoms with van der Waals surface area (Å²) in [5.41, 5.74) is 2.29. The molecule has 0 radical (unpaired) electrons. The number of carbonyl (C=O) groups excluding carboxylic acids is 1. The van der Waals surface area contributed by atoms with E-state index in [9.17, 15) is 4.79 Å². The van der Waals surface area contributed by atoms with Crippen LogP contribution in [0.5, 0.6) is 0 Å². The Hall–Kier alpha value is -2.32. The Morgan fingerprint density at radius 2 is 1.56 bits per heavy atom. The molecule has 2 aromatic rings. The van der Waals surface area contributed by atoms with Crippen molar-refractivity contribution in [2.45, 2.75) is 51.5 Å². The lowest BCUT2D eigenvalue weighted by Gasteiger charge is -2.33. The van der Waals surface area contributed by atoms with Gasteiger partial charge in [0.1, 0.15) is 11.3 Å². The van der Waals surface area contributed by atoms with Crippen molar-refractivity contribution < 1.29 is 4.79 Å². The van der Waals surface area contributed by atoms with E-state index >= 15 is 0 Å². The number of nitrogens with zero attached hydrogens (tertiary/aromatic N) is 6.